The quantitative estimate of drug-likeness (QED) is 0.391. The van der Waals surface area contributed by atoms with E-state index < -0.39 is 18.4 Å². The molecule has 1 fully saturated rings. The van der Waals surface area contributed by atoms with Gasteiger partial charge in [0.05, 0.1) is 18.2 Å². The van der Waals surface area contributed by atoms with Gasteiger partial charge in [0.25, 0.3) is 0 Å². The van der Waals surface area contributed by atoms with Crippen molar-refractivity contribution in [2.45, 2.75) is 31.0 Å². The van der Waals surface area contributed by atoms with Crippen molar-refractivity contribution in [3.63, 3.8) is 0 Å². The van der Waals surface area contributed by atoms with Gasteiger partial charge in [0.2, 0.25) is 0 Å². The Balaban J connectivity index is 2.42. The van der Waals surface area contributed by atoms with Gasteiger partial charge in [0, 0.05) is 13.0 Å². The summed E-state index contributed by atoms with van der Waals surface area (Å²) in [6.45, 7) is 0.612. The lowest BCUT2D eigenvalue weighted by atomic mass is 10.0. The van der Waals surface area contributed by atoms with Gasteiger partial charge in [-0.25, -0.2) is 0 Å². The van der Waals surface area contributed by atoms with E-state index in [1.807, 2.05) is 0 Å². The third-order valence-corrected chi connectivity index (χ3v) is 2.04. The van der Waals surface area contributed by atoms with Crippen molar-refractivity contribution in [2.24, 2.45) is 5.73 Å². The Morgan fingerprint density at radius 3 is 2.75 bits per heavy atom. The van der Waals surface area contributed by atoms with Crippen molar-refractivity contribution in [1.29, 1.82) is 0 Å². The summed E-state index contributed by atoms with van der Waals surface area (Å²) < 4.78 is 5.12. The molecule has 0 aromatic carbocycles. The van der Waals surface area contributed by atoms with Crippen molar-refractivity contribution >= 4 is 0 Å². The van der Waals surface area contributed by atoms with E-state index in [0.29, 0.717) is 13.0 Å². The first-order chi connectivity index (χ1) is 5.65. The van der Waals surface area contributed by atoms with Crippen LogP contribution >= 0.6 is 0 Å². The third-order valence-electron chi connectivity index (χ3n) is 2.04. The van der Waals surface area contributed by atoms with E-state index in [-0.39, 0.29) is 6.10 Å². The molecule has 1 aliphatic heterocycles. The highest BCUT2D eigenvalue weighted by atomic mass is 16.6. The molecule has 5 nitrogen and oxygen atoms in total. The Morgan fingerprint density at radius 2 is 2.25 bits per heavy atom. The van der Waals surface area contributed by atoms with Crippen LogP contribution in [0.25, 0.3) is 0 Å². The van der Waals surface area contributed by atoms with Gasteiger partial charge >= 0.3 is 0 Å². The standard InChI is InChI=1S/C7H16N2O3/c1-9-3-4-2-5(10)6(8)7(11)12-4/h4-7,9-11H,2-3,8H2,1H3/t4-,5?,6-,7+/m1/s1. The van der Waals surface area contributed by atoms with E-state index in [4.69, 9.17) is 10.5 Å². The Hall–Kier alpha value is -0.200. The van der Waals surface area contributed by atoms with Crippen LogP contribution in [-0.2, 0) is 4.74 Å². The Labute approximate surface area is 71.5 Å². The highest BCUT2D eigenvalue weighted by Gasteiger charge is 2.33. The van der Waals surface area contributed by atoms with Crippen LogP contribution < -0.4 is 11.1 Å². The molecule has 1 unspecified atom stereocenters. The van der Waals surface area contributed by atoms with Crippen LogP contribution in [0.1, 0.15) is 6.42 Å². The molecule has 0 aliphatic carbocycles. The SMILES string of the molecule is CNC[C@H]1CC(O)[C@@H](N)[C@@H](O)O1. The van der Waals surface area contributed by atoms with Gasteiger partial charge in [0.1, 0.15) is 0 Å². The smallest absolute Gasteiger partial charge is 0.172 e. The fourth-order valence-corrected chi connectivity index (χ4v) is 1.32. The van der Waals surface area contributed by atoms with Crippen LogP contribution in [0.15, 0.2) is 0 Å². The van der Waals surface area contributed by atoms with Crippen molar-refractivity contribution in [3.05, 3.63) is 0 Å². The molecule has 12 heavy (non-hydrogen) atoms. The number of hydrogen-bond acceptors (Lipinski definition) is 5. The summed E-state index contributed by atoms with van der Waals surface area (Å²) in [5.74, 6) is 0. The molecule has 5 N–H and O–H groups in total. The number of aliphatic hydroxyl groups is 2. The Bertz CT molecular complexity index is 133. The molecule has 1 saturated heterocycles. The third kappa shape index (κ3) is 2.15. The number of ether oxygens (including phenoxy) is 1. The van der Waals surface area contributed by atoms with Crippen molar-refractivity contribution < 1.29 is 14.9 Å². The van der Waals surface area contributed by atoms with E-state index in [2.05, 4.69) is 5.32 Å². The molecule has 0 aromatic heterocycles. The second-order valence-corrected chi connectivity index (χ2v) is 3.09. The molecule has 0 bridgehead atoms. The molecule has 1 rings (SSSR count). The van der Waals surface area contributed by atoms with Gasteiger partial charge in [-0.15, -0.1) is 0 Å². The predicted molar refractivity (Wildman–Crippen MR) is 43.4 cm³/mol. The van der Waals surface area contributed by atoms with Crippen LogP contribution in [0.4, 0.5) is 0 Å². The minimum Gasteiger partial charge on any atom is -0.391 e. The van der Waals surface area contributed by atoms with Crippen LogP contribution in [0, 0.1) is 0 Å². The number of hydrogen-bond donors (Lipinski definition) is 4. The summed E-state index contributed by atoms with van der Waals surface area (Å²) in [4.78, 5) is 0. The Morgan fingerprint density at radius 1 is 1.58 bits per heavy atom. The lowest BCUT2D eigenvalue weighted by molar-refractivity contribution is -0.198. The predicted octanol–water partition coefficient (Wildman–Crippen LogP) is -2.00. The van der Waals surface area contributed by atoms with E-state index in [1.165, 1.54) is 0 Å². The molecule has 5 heteroatoms. The maximum atomic E-state index is 9.35. The lowest BCUT2D eigenvalue weighted by Crippen LogP contribution is -2.54. The van der Waals surface area contributed by atoms with Crippen LogP contribution in [0.2, 0.25) is 0 Å². The van der Waals surface area contributed by atoms with E-state index in [9.17, 15) is 10.2 Å². The average Bonchev–Trinajstić information content (AvgIpc) is 2.01. The van der Waals surface area contributed by atoms with Crippen molar-refractivity contribution in [2.75, 3.05) is 13.6 Å². The molecule has 4 atom stereocenters. The normalized spacial score (nSPS) is 43.0. The highest BCUT2D eigenvalue weighted by molar-refractivity contribution is 4.83. The minimum atomic E-state index is -1.05. The summed E-state index contributed by atoms with van der Waals surface area (Å²) in [5, 5.41) is 21.5. The fourth-order valence-electron chi connectivity index (χ4n) is 1.32. The second-order valence-electron chi connectivity index (χ2n) is 3.09. The van der Waals surface area contributed by atoms with E-state index >= 15 is 0 Å². The number of aliphatic hydroxyl groups excluding tert-OH is 2. The first kappa shape index (κ1) is 9.88. The molecular formula is C7H16N2O3. The second kappa shape index (κ2) is 4.15. The van der Waals surface area contributed by atoms with E-state index in [0.717, 1.165) is 0 Å². The number of nitrogens with one attached hydrogen (secondary N) is 1. The zero-order chi connectivity index (χ0) is 9.14. The van der Waals surface area contributed by atoms with Gasteiger partial charge in [0.15, 0.2) is 6.29 Å². The summed E-state index contributed by atoms with van der Waals surface area (Å²) in [6, 6.07) is -0.682. The molecule has 0 spiro atoms. The first-order valence-corrected chi connectivity index (χ1v) is 4.07. The number of nitrogens with two attached hydrogens (primary N) is 1. The molecule has 0 radical (unpaired) electrons. The molecule has 1 heterocycles. The van der Waals surface area contributed by atoms with Crippen molar-refractivity contribution in [1.82, 2.24) is 5.32 Å². The van der Waals surface area contributed by atoms with Crippen LogP contribution in [0.3, 0.4) is 0 Å². The van der Waals surface area contributed by atoms with Crippen LogP contribution in [-0.4, -0.2) is 48.3 Å². The van der Waals surface area contributed by atoms with Crippen molar-refractivity contribution in [3.8, 4) is 0 Å². The summed E-state index contributed by atoms with van der Waals surface area (Å²) in [5.41, 5.74) is 5.43. The topological polar surface area (TPSA) is 87.7 Å². The largest absolute Gasteiger partial charge is 0.391 e. The zero-order valence-corrected chi connectivity index (χ0v) is 7.10. The maximum Gasteiger partial charge on any atom is 0.172 e. The first-order valence-electron chi connectivity index (χ1n) is 4.07. The average molecular weight is 176 g/mol. The molecule has 1 aliphatic rings. The van der Waals surface area contributed by atoms with Gasteiger partial charge in [-0.05, 0) is 7.05 Å². The van der Waals surface area contributed by atoms with Gasteiger partial charge in [-0.1, -0.05) is 0 Å². The van der Waals surface area contributed by atoms with Gasteiger partial charge in [-0.2, -0.15) is 0 Å². The lowest BCUT2D eigenvalue weighted by Gasteiger charge is -2.34. The van der Waals surface area contributed by atoms with Crippen LogP contribution in [0.5, 0.6) is 0 Å². The molecule has 0 saturated carbocycles. The summed E-state index contributed by atoms with van der Waals surface area (Å²) in [7, 11) is 1.79. The number of likely N-dealkylation sites (N-methyl/N-ethyl adjacent to an activating group) is 1. The highest BCUT2D eigenvalue weighted by Crippen LogP contribution is 2.16. The van der Waals surface area contributed by atoms with Gasteiger partial charge in [-0.3, -0.25) is 0 Å². The van der Waals surface area contributed by atoms with E-state index in [1.54, 1.807) is 7.05 Å². The Kier molecular flexibility index (Phi) is 3.42. The van der Waals surface area contributed by atoms with Gasteiger partial charge < -0.3 is 26.0 Å². The maximum absolute atomic E-state index is 9.35. The zero-order valence-electron chi connectivity index (χ0n) is 7.10. The molecule has 72 valence electrons. The monoisotopic (exact) mass is 176 g/mol. The summed E-state index contributed by atoms with van der Waals surface area (Å²) >= 11 is 0. The minimum absolute atomic E-state index is 0.153. The number of rotatable bonds is 2. The molecule has 0 aromatic rings. The molecular weight excluding hydrogens is 160 g/mol. The summed E-state index contributed by atoms with van der Waals surface area (Å²) in [6.07, 6.45) is -1.40. The fraction of sp³-hybridized carbons (Fsp3) is 1.00. The molecule has 0 amide bonds.